The maximum Gasteiger partial charge on any atom is 0.411 e. The Bertz CT molecular complexity index is 1830. The number of fused-ring (bicyclic) bond motifs is 4. The lowest BCUT2D eigenvalue weighted by Gasteiger charge is -2.26. The Hall–Kier alpha value is -4.75. The van der Waals surface area contributed by atoms with Crippen molar-refractivity contribution in [3.63, 3.8) is 0 Å². The lowest BCUT2D eigenvalue weighted by molar-refractivity contribution is 0.0383. The van der Waals surface area contributed by atoms with Gasteiger partial charge in [-0.15, -0.1) is 11.3 Å². The van der Waals surface area contributed by atoms with Crippen molar-refractivity contribution in [2.45, 2.75) is 20.0 Å². The van der Waals surface area contributed by atoms with Crippen LogP contribution in [0.3, 0.4) is 0 Å². The lowest BCUT2D eigenvalue weighted by Crippen LogP contribution is -2.35. The third kappa shape index (κ3) is 6.29. The lowest BCUT2D eigenvalue weighted by atomic mass is 10.1. The molecule has 2 aromatic carbocycles. The van der Waals surface area contributed by atoms with Gasteiger partial charge in [0.05, 0.1) is 41.7 Å². The minimum Gasteiger partial charge on any atom is -0.484 e. The van der Waals surface area contributed by atoms with Crippen molar-refractivity contribution >= 4 is 44.4 Å². The molecule has 1 aliphatic heterocycles. The van der Waals surface area contributed by atoms with E-state index in [0.29, 0.717) is 35.6 Å². The van der Waals surface area contributed by atoms with E-state index in [1.807, 2.05) is 45.0 Å². The zero-order valence-corrected chi connectivity index (χ0v) is 25.9. The van der Waals surface area contributed by atoms with Gasteiger partial charge in [-0.3, -0.25) is 5.32 Å². The van der Waals surface area contributed by atoms with E-state index in [0.717, 1.165) is 49.5 Å². The van der Waals surface area contributed by atoms with Crippen LogP contribution in [0.2, 0.25) is 0 Å². The van der Waals surface area contributed by atoms with Crippen LogP contribution in [-0.4, -0.2) is 84.6 Å². The van der Waals surface area contributed by atoms with E-state index in [1.165, 1.54) is 17.5 Å². The van der Waals surface area contributed by atoms with Gasteiger partial charge in [0.2, 0.25) is 11.8 Å². The van der Waals surface area contributed by atoms with Crippen LogP contribution in [0.25, 0.3) is 31.8 Å². The Balaban J connectivity index is 1.13. The Kier molecular flexibility index (Phi) is 8.31. The third-order valence-corrected chi connectivity index (χ3v) is 7.95. The van der Waals surface area contributed by atoms with Crippen molar-refractivity contribution in [3.05, 3.63) is 53.9 Å². The summed E-state index contributed by atoms with van der Waals surface area (Å²) in [6.45, 7) is 5.51. The van der Waals surface area contributed by atoms with Crippen molar-refractivity contribution in [2.75, 3.05) is 52.9 Å². The second kappa shape index (κ2) is 12.5. The molecule has 0 radical (unpaired) electrons. The predicted octanol–water partition coefficient (Wildman–Crippen LogP) is 5.26. The highest BCUT2D eigenvalue weighted by atomic mass is 32.1. The Morgan fingerprint density at radius 1 is 1.09 bits per heavy atom. The summed E-state index contributed by atoms with van der Waals surface area (Å²) in [5.41, 5.74) is 5.68. The van der Waals surface area contributed by atoms with E-state index in [9.17, 15) is 4.79 Å². The number of pyridine rings is 1. The summed E-state index contributed by atoms with van der Waals surface area (Å²) in [4.78, 5) is 32.8. The highest BCUT2D eigenvalue weighted by Gasteiger charge is 2.27. The van der Waals surface area contributed by atoms with Crippen molar-refractivity contribution in [3.8, 4) is 33.8 Å². The highest BCUT2D eigenvalue weighted by molar-refractivity contribution is 7.22. The largest absolute Gasteiger partial charge is 0.484 e. The molecule has 3 aromatic heterocycles. The second-order valence-electron chi connectivity index (χ2n) is 10.6. The zero-order valence-electron chi connectivity index (χ0n) is 25.0. The van der Waals surface area contributed by atoms with Gasteiger partial charge in [-0.1, -0.05) is 0 Å². The standard InChI is InChI=1S/C31H32N6O6S/c1-17-10-21(27-22(11-17)35-25(39-5)14-33-27)30-36-26-18(2)12-23-28(29(26)44-30)41-15-20(43-23)16-42-31(38)34-19-6-7-24(32-13-19)40-9-8-37(3)4/h6-7,10-14,20H,8-9,15-16H2,1-5H3,(H,34,38). The average Bonchev–Trinajstić information content (AvgIpc) is 3.46. The molecule has 0 saturated heterocycles. The fourth-order valence-electron chi connectivity index (χ4n) is 4.70. The molecule has 228 valence electrons. The minimum atomic E-state index is -0.618. The number of hydrogen-bond acceptors (Lipinski definition) is 12. The maximum atomic E-state index is 12.4. The number of benzene rings is 2. The van der Waals surface area contributed by atoms with Gasteiger partial charge in [-0.25, -0.2) is 24.7 Å². The van der Waals surface area contributed by atoms with Gasteiger partial charge in [-0.2, -0.15) is 0 Å². The first-order chi connectivity index (χ1) is 21.3. The number of likely N-dealkylation sites (N-methyl/N-ethyl adjacent to an activating group) is 1. The molecule has 6 rings (SSSR count). The van der Waals surface area contributed by atoms with Gasteiger partial charge in [0, 0.05) is 18.2 Å². The topological polar surface area (TPSA) is 130 Å². The van der Waals surface area contributed by atoms with Crippen LogP contribution in [-0.2, 0) is 4.74 Å². The number of anilines is 1. The number of nitrogens with one attached hydrogen (secondary N) is 1. The van der Waals surface area contributed by atoms with Crippen LogP contribution in [0.15, 0.2) is 42.7 Å². The van der Waals surface area contributed by atoms with Crippen LogP contribution < -0.4 is 24.3 Å². The number of ether oxygens (including phenoxy) is 5. The van der Waals surface area contributed by atoms with Crippen LogP contribution in [0.5, 0.6) is 23.3 Å². The number of thiazole rings is 1. The van der Waals surface area contributed by atoms with E-state index in [4.69, 9.17) is 28.7 Å². The van der Waals surface area contributed by atoms with Crippen LogP contribution in [0.1, 0.15) is 11.1 Å². The number of nitrogens with zero attached hydrogens (tertiary/aromatic N) is 5. The SMILES string of the molecule is COc1cnc2c(-c3nc4c(C)cc5c(c4s3)OCC(COC(=O)Nc3ccc(OCCN(C)C)nc3)O5)cc(C)cc2n1. The van der Waals surface area contributed by atoms with Gasteiger partial charge in [0.25, 0.3) is 0 Å². The van der Waals surface area contributed by atoms with Gasteiger partial charge < -0.3 is 28.6 Å². The molecule has 13 heteroatoms. The summed E-state index contributed by atoms with van der Waals surface area (Å²) in [5.74, 6) is 2.14. The fraction of sp³-hybridized carbons (Fsp3) is 0.323. The number of rotatable bonds is 9. The summed E-state index contributed by atoms with van der Waals surface area (Å²) in [6.07, 6.45) is 2.03. The third-order valence-electron chi connectivity index (χ3n) is 6.87. The van der Waals surface area contributed by atoms with E-state index in [1.54, 1.807) is 25.4 Å². The number of carbonyl (C=O) groups excluding carboxylic acids is 1. The molecule has 0 spiro atoms. The van der Waals surface area contributed by atoms with Crippen molar-refractivity contribution in [1.29, 1.82) is 0 Å². The number of aromatic nitrogens is 4. The molecular formula is C31H32N6O6S. The Morgan fingerprint density at radius 2 is 1.95 bits per heavy atom. The smallest absolute Gasteiger partial charge is 0.411 e. The molecule has 1 aliphatic rings. The number of amides is 1. The molecule has 1 N–H and O–H groups in total. The van der Waals surface area contributed by atoms with Crippen LogP contribution in [0.4, 0.5) is 10.5 Å². The molecule has 1 unspecified atom stereocenters. The first-order valence-electron chi connectivity index (χ1n) is 14.0. The molecule has 4 heterocycles. The summed E-state index contributed by atoms with van der Waals surface area (Å²) in [7, 11) is 5.51. The van der Waals surface area contributed by atoms with Gasteiger partial charge in [-0.05, 0) is 63.3 Å². The highest BCUT2D eigenvalue weighted by Crippen LogP contribution is 2.46. The monoisotopic (exact) mass is 616 g/mol. The number of hydrogen-bond donors (Lipinski definition) is 1. The molecule has 0 fully saturated rings. The summed E-state index contributed by atoms with van der Waals surface area (Å²) in [6, 6.07) is 9.34. The summed E-state index contributed by atoms with van der Waals surface area (Å²) >= 11 is 1.51. The summed E-state index contributed by atoms with van der Waals surface area (Å²) in [5, 5.41) is 3.47. The first-order valence-corrected chi connectivity index (χ1v) is 14.8. The van der Waals surface area contributed by atoms with Gasteiger partial charge in [0.15, 0.2) is 17.6 Å². The van der Waals surface area contributed by atoms with Crippen LogP contribution >= 0.6 is 11.3 Å². The number of methoxy groups -OCH3 is 1. The van der Waals surface area contributed by atoms with Gasteiger partial charge in [0.1, 0.15) is 29.5 Å². The maximum absolute atomic E-state index is 12.4. The van der Waals surface area contributed by atoms with E-state index in [2.05, 4.69) is 26.3 Å². The van der Waals surface area contributed by atoms with E-state index < -0.39 is 12.2 Å². The number of carbonyl (C=O) groups is 1. The average molecular weight is 617 g/mol. The van der Waals surface area contributed by atoms with E-state index >= 15 is 0 Å². The molecule has 44 heavy (non-hydrogen) atoms. The van der Waals surface area contributed by atoms with Crippen molar-refractivity contribution in [2.24, 2.45) is 0 Å². The molecule has 1 amide bonds. The fourth-order valence-corrected chi connectivity index (χ4v) is 5.85. The molecule has 0 bridgehead atoms. The zero-order chi connectivity index (χ0) is 30.8. The molecular weight excluding hydrogens is 584 g/mol. The quantitative estimate of drug-likeness (QED) is 0.233. The van der Waals surface area contributed by atoms with Crippen LogP contribution in [0, 0.1) is 13.8 Å². The van der Waals surface area contributed by atoms with Crippen molar-refractivity contribution < 1.29 is 28.5 Å². The van der Waals surface area contributed by atoms with Gasteiger partial charge >= 0.3 is 6.09 Å². The minimum absolute atomic E-state index is 0.00682. The van der Waals surface area contributed by atoms with Crippen molar-refractivity contribution in [1.82, 2.24) is 24.8 Å². The second-order valence-corrected chi connectivity index (χ2v) is 11.6. The number of aryl methyl sites for hydroxylation is 2. The first kappa shape index (κ1) is 29.3. The Morgan fingerprint density at radius 3 is 2.73 bits per heavy atom. The predicted molar refractivity (Wildman–Crippen MR) is 167 cm³/mol. The molecule has 12 nitrogen and oxygen atoms in total. The van der Waals surface area contributed by atoms with E-state index in [-0.39, 0.29) is 13.2 Å². The normalized spacial score (nSPS) is 14.2. The molecule has 5 aromatic rings. The summed E-state index contributed by atoms with van der Waals surface area (Å²) < 4.78 is 29.5. The molecule has 0 aliphatic carbocycles. The molecule has 1 atom stereocenters. The Labute approximate surface area is 257 Å². The molecule has 0 saturated carbocycles.